The number of barbiturate groups is 1. The quantitative estimate of drug-likeness (QED) is 0.184. The minimum Gasteiger partial charge on any atom is -0.490 e. The number of aryl methyl sites for hydroxylation is 1. The summed E-state index contributed by atoms with van der Waals surface area (Å²) in [7, 11) is 0. The molecule has 1 heterocycles. The molecular weight excluding hydrogens is 516 g/mol. The Balaban J connectivity index is 1.71. The number of ether oxygens (including phenoxy) is 2. The van der Waals surface area contributed by atoms with Crippen LogP contribution in [0.3, 0.4) is 0 Å². The molecule has 8 heteroatoms. The van der Waals surface area contributed by atoms with Crippen molar-refractivity contribution in [3.05, 3.63) is 106 Å². The van der Waals surface area contributed by atoms with Gasteiger partial charge in [-0.3, -0.25) is 14.9 Å². The SMILES string of the molecule is C=CCc1cc(/C=C2/C(=O)NC(=O)N(c3ccc(CC)cc3)C2=O)cc(OCC)c1OCc1ccccc1Cl. The fourth-order valence-corrected chi connectivity index (χ4v) is 4.40. The average molecular weight is 545 g/mol. The second-order valence-electron chi connectivity index (χ2n) is 8.79. The van der Waals surface area contributed by atoms with Gasteiger partial charge in [-0.25, -0.2) is 9.69 Å². The maximum Gasteiger partial charge on any atom is 0.335 e. The lowest BCUT2D eigenvalue weighted by Gasteiger charge is -2.26. The highest BCUT2D eigenvalue weighted by molar-refractivity contribution is 6.39. The van der Waals surface area contributed by atoms with Crippen LogP contribution in [-0.2, 0) is 29.0 Å². The summed E-state index contributed by atoms with van der Waals surface area (Å²) in [4.78, 5) is 39.7. The van der Waals surface area contributed by atoms with E-state index in [1.807, 2.05) is 44.2 Å². The first-order chi connectivity index (χ1) is 18.9. The summed E-state index contributed by atoms with van der Waals surface area (Å²) in [5.41, 5.74) is 3.37. The number of nitrogens with one attached hydrogen (secondary N) is 1. The molecule has 1 N–H and O–H groups in total. The van der Waals surface area contributed by atoms with E-state index in [9.17, 15) is 14.4 Å². The Morgan fingerprint density at radius 1 is 0.974 bits per heavy atom. The van der Waals surface area contributed by atoms with Crippen molar-refractivity contribution in [1.82, 2.24) is 5.32 Å². The molecule has 1 saturated heterocycles. The maximum absolute atomic E-state index is 13.4. The van der Waals surface area contributed by atoms with Gasteiger partial charge in [-0.15, -0.1) is 6.58 Å². The second-order valence-corrected chi connectivity index (χ2v) is 9.20. The van der Waals surface area contributed by atoms with Crippen LogP contribution < -0.4 is 19.7 Å². The Bertz CT molecular complexity index is 1450. The molecule has 0 radical (unpaired) electrons. The first-order valence-electron chi connectivity index (χ1n) is 12.6. The van der Waals surface area contributed by atoms with Crippen LogP contribution in [0, 0.1) is 0 Å². The summed E-state index contributed by atoms with van der Waals surface area (Å²) >= 11 is 6.30. The van der Waals surface area contributed by atoms with Crippen LogP contribution in [0.5, 0.6) is 11.5 Å². The molecule has 0 aromatic heterocycles. The van der Waals surface area contributed by atoms with Gasteiger partial charge in [0.15, 0.2) is 11.5 Å². The largest absolute Gasteiger partial charge is 0.490 e. The molecule has 3 aromatic rings. The van der Waals surface area contributed by atoms with E-state index in [1.165, 1.54) is 6.08 Å². The number of carbonyl (C=O) groups is 3. The van der Waals surface area contributed by atoms with E-state index in [0.717, 1.165) is 28.0 Å². The Morgan fingerprint density at radius 3 is 2.38 bits per heavy atom. The third kappa shape index (κ3) is 6.21. The topological polar surface area (TPSA) is 84.9 Å². The highest BCUT2D eigenvalue weighted by atomic mass is 35.5. The van der Waals surface area contributed by atoms with E-state index in [0.29, 0.717) is 40.8 Å². The summed E-state index contributed by atoms with van der Waals surface area (Å²) in [5.74, 6) is -0.516. The number of halogens is 1. The van der Waals surface area contributed by atoms with E-state index in [-0.39, 0.29) is 12.2 Å². The van der Waals surface area contributed by atoms with Crippen molar-refractivity contribution in [2.24, 2.45) is 0 Å². The minimum atomic E-state index is -0.794. The van der Waals surface area contributed by atoms with Gasteiger partial charge in [0, 0.05) is 16.1 Å². The molecule has 0 aliphatic carbocycles. The maximum atomic E-state index is 13.4. The third-order valence-corrected chi connectivity index (χ3v) is 6.53. The first-order valence-corrected chi connectivity index (χ1v) is 13.0. The monoisotopic (exact) mass is 544 g/mol. The van der Waals surface area contributed by atoms with Crippen LogP contribution in [0.4, 0.5) is 10.5 Å². The van der Waals surface area contributed by atoms with Crippen LogP contribution in [-0.4, -0.2) is 24.5 Å². The summed E-state index contributed by atoms with van der Waals surface area (Å²) in [6.45, 7) is 8.29. The number of imide groups is 2. The van der Waals surface area contributed by atoms with Crippen molar-refractivity contribution < 1.29 is 23.9 Å². The Kier molecular flexibility index (Phi) is 8.84. The molecule has 0 spiro atoms. The van der Waals surface area contributed by atoms with Gasteiger partial charge in [0.05, 0.1) is 12.3 Å². The molecule has 3 aromatic carbocycles. The van der Waals surface area contributed by atoms with E-state index in [4.69, 9.17) is 21.1 Å². The Morgan fingerprint density at radius 2 is 1.72 bits per heavy atom. The minimum absolute atomic E-state index is 0.175. The highest BCUT2D eigenvalue weighted by Gasteiger charge is 2.36. The molecule has 1 aliphatic heterocycles. The van der Waals surface area contributed by atoms with E-state index >= 15 is 0 Å². The molecule has 0 saturated carbocycles. The predicted molar refractivity (Wildman–Crippen MR) is 152 cm³/mol. The molecule has 1 fully saturated rings. The molecular formula is C31H29ClN2O5. The van der Waals surface area contributed by atoms with Gasteiger partial charge in [0.2, 0.25) is 0 Å². The summed E-state index contributed by atoms with van der Waals surface area (Å²) in [5, 5.41) is 2.86. The lowest BCUT2D eigenvalue weighted by molar-refractivity contribution is -0.122. The first kappa shape index (κ1) is 27.7. The van der Waals surface area contributed by atoms with Gasteiger partial charge in [-0.2, -0.15) is 0 Å². The van der Waals surface area contributed by atoms with Crippen molar-refractivity contribution >= 4 is 41.2 Å². The lowest BCUT2D eigenvalue weighted by atomic mass is 10.0. The summed E-state index contributed by atoms with van der Waals surface area (Å²) in [6.07, 6.45) is 4.44. The number of nitrogens with zero attached hydrogens (tertiary/aromatic N) is 1. The van der Waals surface area contributed by atoms with Crippen molar-refractivity contribution in [3.8, 4) is 11.5 Å². The molecule has 0 bridgehead atoms. The van der Waals surface area contributed by atoms with Gasteiger partial charge in [-0.05, 0) is 67.3 Å². The molecule has 4 amide bonds. The van der Waals surface area contributed by atoms with E-state index in [2.05, 4.69) is 11.9 Å². The molecule has 0 unspecified atom stereocenters. The van der Waals surface area contributed by atoms with Crippen LogP contribution in [0.2, 0.25) is 5.02 Å². The fourth-order valence-electron chi connectivity index (χ4n) is 4.21. The van der Waals surface area contributed by atoms with Gasteiger partial charge in [-0.1, -0.05) is 54.9 Å². The van der Waals surface area contributed by atoms with Crippen LogP contribution >= 0.6 is 11.6 Å². The third-order valence-electron chi connectivity index (χ3n) is 6.16. The molecule has 39 heavy (non-hydrogen) atoms. The zero-order valence-corrected chi connectivity index (χ0v) is 22.6. The predicted octanol–water partition coefficient (Wildman–Crippen LogP) is 6.28. The van der Waals surface area contributed by atoms with Crippen molar-refractivity contribution in [2.45, 2.75) is 33.3 Å². The van der Waals surface area contributed by atoms with Gasteiger partial charge in [0.25, 0.3) is 11.8 Å². The standard InChI is InChI=1S/C31H29ClN2O5/c1-4-9-22-16-21(18-27(38-6-3)28(22)39-19-23-10-7-8-11-26(23)32)17-25-29(35)33-31(37)34(30(25)36)24-14-12-20(5-2)13-15-24/h4,7-8,10-18H,1,5-6,9,19H2,2-3H3,(H,33,35,37)/b25-17-. The second kappa shape index (κ2) is 12.5. The number of amides is 4. The molecule has 1 aliphatic rings. The van der Waals surface area contributed by atoms with Crippen LogP contribution in [0.15, 0.2) is 78.9 Å². The Labute approximate surface area is 232 Å². The molecule has 7 nitrogen and oxygen atoms in total. The van der Waals surface area contributed by atoms with E-state index < -0.39 is 17.8 Å². The summed E-state index contributed by atoms with van der Waals surface area (Å²) in [6, 6.07) is 17.2. The van der Waals surface area contributed by atoms with Gasteiger partial charge in [0.1, 0.15) is 12.2 Å². The van der Waals surface area contributed by atoms with Crippen molar-refractivity contribution in [1.29, 1.82) is 0 Å². The van der Waals surface area contributed by atoms with Crippen LogP contribution in [0.25, 0.3) is 6.08 Å². The van der Waals surface area contributed by atoms with Gasteiger partial charge < -0.3 is 9.47 Å². The van der Waals surface area contributed by atoms with Crippen molar-refractivity contribution in [2.75, 3.05) is 11.5 Å². The number of allylic oxidation sites excluding steroid dienone is 1. The number of hydrogen-bond acceptors (Lipinski definition) is 5. The number of urea groups is 1. The zero-order chi connectivity index (χ0) is 27.9. The number of benzene rings is 3. The normalized spacial score (nSPS) is 14.4. The van der Waals surface area contributed by atoms with Gasteiger partial charge >= 0.3 is 6.03 Å². The average Bonchev–Trinajstić information content (AvgIpc) is 2.92. The lowest BCUT2D eigenvalue weighted by Crippen LogP contribution is -2.54. The number of anilines is 1. The number of hydrogen-bond donors (Lipinski definition) is 1. The zero-order valence-electron chi connectivity index (χ0n) is 21.8. The molecule has 0 atom stereocenters. The molecule has 4 rings (SSSR count). The number of rotatable bonds is 10. The van der Waals surface area contributed by atoms with Crippen molar-refractivity contribution in [3.63, 3.8) is 0 Å². The fraction of sp³-hybridized carbons (Fsp3) is 0.194. The molecule has 200 valence electrons. The van der Waals surface area contributed by atoms with E-state index in [1.54, 1.807) is 36.4 Å². The highest BCUT2D eigenvalue weighted by Crippen LogP contribution is 2.36. The smallest absolute Gasteiger partial charge is 0.335 e. The number of carbonyl (C=O) groups excluding carboxylic acids is 3. The summed E-state index contributed by atoms with van der Waals surface area (Å²) < 4.78 is 12.0. The Hall–Kier alpha value is -4.36. The van der Waals surface area contributed by atoms with Crippen LogP contribution in [0.1, 0.15) is 36.1 Å².